The van der Waals surface area contributed by atoms with Crippen molar-refractivity contribution in [1.29, 1.82) is 0 Å². The van der Waals surface area contributed by atoms with E-state index in [2.05, 4.69) is 10.1 Å². The summed E-state index contributed by atoms with van der Waals surface area (Å²) < 4.78 is 1.15. The van der Waals surface area contributed by atoms with Gasteiger partial charge in [-0.15, -0.1) is 0 Å². The van der Waals surface area contributed by atoms with Crippen LogP contribution in [0.25, 0.3) is 5.69 Å². The maximum atomic E-state index is 11.7. The van der Waals surface area contributed by atoms with Gasteiger partial charge in [0.25, 0.3) is 5.56 Å². The van der Waals surface area contributed by atoms with Crippen molar-refractivity contribution in [2.45, 2.75) is 9.79 Å². The Balaban J connectivity index is 1.87. The maximum absolute atomic E-state index is 11.7. The summed E-state index contributed by atoms with van der Waals surface area (Å²) in [5.41, 5.74) is -0.452. The lowest BCUT2D eigenvalue weighted by atomic mass is 10.3. The number of hydrogen-bond donors (Lipinski definition) is 1. The van der Waals surface area contributed by atoms with E-state index in [9.17, 15) is 9.59 Å². The number of H-pyrrole nitrogens is 1. The van der Waals surface area contributed by atoms with Crippen LogP contribution in [0.2, 0.25) is 0 Å². The lowest BCUT2D eigenvalue weighted by Crippen LogP contribution is -2.30. The minimum atomic E-state index is -0.550. The van der Waals surface area contributed by atoms with E-state index in [1.165, 1.54) is 0 Å². The molecule has 0 atom stereocenters. The summed E-state index contributed by atoms with van der Waals surface area (Å²) in [5, 5.41) is 3.82. The molecule has 1 heterocycles. The van der Waals surface area contributed by atoms with Crippen LogP contribution in [0.3, 0.4) is 0 Å². The zero-order chi connectivity index (χ0) is 14.7. The van der Waals surface area contributed by atoms with Gasteiger partial charge in [0.1, 0.15) is 6.20 Å². The van der Waals surface area contributed by atoms with E-state index in [0.717, 1.165) is 20.7 Å². The van der Waals surface area contributed by atoms with Gasteiger partial charge >= 0.3 is 5.69 Å². The molecule has 3 aromatic rings. The molecule has 21 heavy (non-hydrogen) atoms. The molecule has 6 heteroatoms. The van der Waals surface area contributed by atoms with E-state index >= 15 is 0 Å². The molecule has 2 aromatic carbocycles. The molecular formula is C15H11N3O2S. The van der Waals surface area contributed by atoms with Crippen molar-refractivity contribution in [3.63, 3.8) is 0 Å². The van der Waals surface area contributed by atoms with Gasteiger partial charge < -0.3 is 0 Å². The highest BCUT2D eigenvalue weighted by Gasteiger charge is 2.02. The number of aromatic amines is 1. The Morgan fingerprint density at radius 2 is 1.57 bits per heavy atom. The predicted molar refractivity (Wildman–Crippen MR) is 81.0 cm³/mol. The van der Waals surface area contributed by atoms with Gasteiger partial charge in [0.2, 0.25) is 0 Å². The fourth-order valence-electron chi connectivity index (χ4n) is 1.82. The molecule has 1 aromatic heterocycles. The summed E-state index contributed by atoms with van der Waals surface area (Å²) in [6.07, 6.45) is 1.08. The Morgan fingerprint density at radius 3 is 2.24 bits per heavy atom. The van der Waals surface area contributed by atoms with Crippen molar-refractivity contribution in [3.05, 3.63) is 81.6 Å². The van der Waals surface area contributed by atoms with E-state index in [-0.39, 0.29) is 0 Å². The third kappa shape index (κ3) is 3.11. The van der Waals surface area contributed by atoms with Gasteiger partial charge in [-0.1, -0.05) is 30.0 Å². The van der Waals surface area contributed by atoms with Crippen molar-refractivity contribution >= 4 is 11.8 Å². The van der Waals surface area contributed by atoms with Crippen LogP contribution < -0.4 is 11.2 Å². The summed E-state index contributed by atoms with van der Waals surface area (Å²) in [7, 11) is 0. The van der Waals surface area contributed by atoms with Crippen molar-refractivity contribution < 1.29 is 0 Å². The number of rotatable bonds is 3. The van der Waals surface area contributed by atoms with Gasteiger partial charge in [-0.2, -0.15) is 9.78 Å². The third-order valence-electron chi connectivity index (χ3n) is 2.77. The van der Waals surface area contributed by atoms with E-state index in [4.69, 9.17) is 0 Å². The lowest BCUT2D eigenvalue weighted by molar-refractivity contribution is 0.749. The molecule has 0 saturated carbocycles. The van der Waals surface area contributed by atoms with Crippen LogP contribution >= 0.6 is 11.8 Å². The Kier molecular flexibility index (Phi) is 3.70. The summed E-state index contributed by atoms with van der Waals surface area (Å²) in [4.78, 5) is 27.0. The first-order valence-corrected chi connectivity index (χ1v) is 7.06. The van der Waals surface area contributed by atoms with Crippen LogP contribution in [0.4, 0.5) is 0 Å². The van der Waals surface area contributed by atoms with Crippen molar-refractivity contribution in [2.75, 3.05) is 0 Å². The number of hydrogen-bond acceptors (Lipinski definition) is 4. The molecule has 0 unspecified atom stereocenters. The summed E-state index contributed by atoms with van der Waals surface area (Å²) in [6.45, 7) is 0. The van der Waals surface area contributed by atoms with Gasteiger partial charge in [-0.3, -0.25) is 9.78 Å². The number of aromatic nitrogens is 3. The van der Waals surface area contributed by atoms with E-state index in [1.54, 1.807) is 23.9 Å². The third-order valence-corrected chi connectivity index (χ3v) is 3.79. The minimum absolute atomic E-state index is 0.507. The smallest absolute Gasteiger partial charge is 0.271 e. The fraction of sp³-hybridized carbons (Fsp3) is 0. The van der Waals surface area contributed by atoms with Crippen LogP contribution in [-0.4, -0.2) is 14.8 Å². The van der Waals surface area contributed by atoms with Gasteiger partial charge in [0, 0.05) is 9.79 Å². The molecule has 0 saturated heterocycles. The minimum Gasteiger partial charge on any atom is -0.271 e. The molecule has 104 valence electrons. The quantitative estimate of drug-likeness (QED) is 0.803. The maximum Gasteiger partial charge on any atom is 0.349 e. The van der Waals surface area contributed by atoms with Crippen molar-refractivity contribution in [1.82, 2.24) is 14.8 Å². The van der Waals surface area contributed by atoms with Gasteiger partial charge in [-0.05, 0) is 36.4 Å². The van der Waals surface area contributed by atoms with Crippen LogP contribution in [0, 0.1) is 0 Å². The Morgan fingerprint density at radius 1 is 0.905 bits per heavy atom. The SMILES string of the molecule is O=c1cnn(-c2ccc(Sc3ccccc3)cc2)c(=O)[nH]1. The average molecular weight is 297 g/mol. The molecule has 5 nitrogen and oxygen atoms in total. The molecule has 0 spiro atoms. The van der Waals surface area contributed by atoms with Crippen molar-refractivity contribution in [3.8, 4) is 5.69 Å². The zero-order valence-corrected chi connectivity index (χ0v) is 11.7. The largest absolute Gasteiger partial charge is 0.349 e. The molecule has 0 bridgehead atoms. The second-order valence-electron chi connectivity index (χ2n) is 4.26. The number of nitrogens with zero attached hydrogens (tertiary/aromatic N) is 2. The Labute approximate surface area is 124 Å². The Bertz CT molecular complexity index is 854. The first-order chi connectivity index (χ1) is 10.2. The molecule has 0 aliphatic heterocycles. The fourth-order valence-corrected chi connectivity index (χ4v) is 2.65. The molecule has 1 N–H and O–H groups in total. The zero-order valence-electron chi connectivity index (χ0n) is 10.9. The molecule has 0 fully saturated rings. The second-order valence-corrected chi connectivity index (χ2v) is 5.41. The van der Waals surface area contributed by atoms with Crippen LogP contribution in [0.15, 0.2) is 80.2 Å². The van der Waals surface area contributed by atoms with E-state index in [0.29, 0.717) is 5.69 Å². The second kappa shape index (κ2) is 5.80. The first-order valence-electron chi connectivity index (χ1n) is 6.24. The molecular weight excluding hydrogens is 286 g/mol. The van der Waals surface area contributed by atoms with E-state index < -0.39 is 11.2 Å². The highest BCUT2D eigenvalue weighted by Crippen LogP contribution is 2.27. The highest BCUT2D eigenvalue weighted by molar-refractivity contribution is 7.99. The first kappa shape index (κ1) is 13.4. The Hall–Kier alpha value is -2.60. The van der Waals surface area contributed by atoms with Gasteiger partial charge in [0.15, 0.2) is 0 Å². The van der Waals surface area contributed by atoms with E-state index in [1.807, 2.05) is 42.5 Å². The molecule has 3 rings (SSSR count). The van der Waals surface area contributed by atoms with Crippen LogP contribution in [0.1, 0.15) is 0 Å². The highest BCUT2D eigenvalue weighted by atomic mass is 32.2. The normalized spacial score (nSPS) is 10.5. The van der Waals surface area contributed by atoms with Crippen LogP contribution in [0.5, 0.6) is 0 Å². The summed E-state index contributed by atoms with van der Waals surface area (Å²) in [6, 6.07) is 17.4. The van der Waals surface area contributed by atoms with Crippen LogP contribution in [-0.2, 0) is 0 Å². The lowest BCUT2D eigenvalue weighted by Gasteiger charge is -2.05. The molecule has 0 radical (unpaired) electrons. The molecule has 0 aliphatic rings. The standard InChI is InChI=1S/C15H11N3O2S/c19-14-10-16-18(15(20)17-14)11-6-8-13(9-7-11)21-12-4-2-1-3-5-12/h1-10H,(H,17,19,20). The monoisotopic (exact) mass is 297 g/mol. The molecule has 0 aliphatic carbocycles. The topological polar surface area (TPSA) is 67.8 Å². The summed E-state index contributed by atoms with van der Waals surface area (Å²) in [5.74, 6) is 0. The molecule has 0 amide bonds. The van der Waals surface area contributed by atoms with Crippen molar-refractivity contribution in [2.24, 2.45) is 0 Å². The van der Waals surface area contributed by atoms with Gasteiger partial charge in [-0.25, -0.2) is 4.79 Å². The van der Waals surface area contributed by atoms with Gasteiger partial charge in [0.05, 0.1) is 5.69 Å². The average Bonchev–Trinajstić information content (AvgIpc) is 2.49. The number of benzene rings is 2. The predicted octanol–water partition coefficient (Wildman–Crippen LogP) is 2.07. The summed E-state index contributed by atoms with van der Waals surface area (Å²) >= 11 is 1.63. The number of nitrogens with one attached hydrogen (secondary N) is 1.